The molecule has 1 aromatic heterocycles. The molecule has 1 fully saturated rings. The van der Waals surface area contributed by atoms with Gasteiger partial charge in [-0.2, -0.15) is 0 Å². The highest BCUT2D eigenvalue weighted by atomic mass is 32.1. The average Bonchev–Trinajstić information content (AvgIpc) is 3.14. The summed E-state index contributed by atoms with van der Waals surface area (Å²) >= 11 is 1.22. The van der Waals surface area contributed by atoms with E-state index in [9.17, 15) is 19.7 Å². The van der Waals surface area contributed by atoms with E-state index in [0.717, 1.165) is 11.1 Å². The predicted octanol–water partition coefficient (Wildman–Crippen LogP) is 3.24. The average molecular weight is 522 g/mol. The van der Waals surface area contributed by atoms with Crippen LogP contribution in [0, 0.1) is 22.5 Å². The van der Waals surface area contributed by atoms with Gasteiger partial charge in [-0.25, -0.2) is 0 Å². The van der Waals surface area contributed by atoms with Crippen LogP contribution in [-0.2, 0) is 16.1 Å². The highest BCUT2D eigenvalue weighted by molar-refractivity contribution is 7.07. The van der Waals surface area contributed by atoms with Gasteiger partial charge in [0.1, 0.15) is 10.4 Å². The van der Waals surface area contributed by atoms with Crippen LogP contribution in [0.2, 0.25) is 0 Å². The summed E-state index contributed by atoms with van der Waals surface area (Å²) in [4.78, 5) is 39.7. The second-order valence-electron chi connectivity index (χ2n) is 10.2. The molecule has 0 saturated carbocycles. The number of ketones is 1. The second kappa shape index (κ2) is 10.8. The summed E-state index contributed by atoms with van der Waals surface area (Å²) in [5.41, 5.74) is 2.32. The first-order chi connectivity index (χ1) is 17.5. The van der Waals surface area contributed by atoms with E-state index in [2.05, 4.69) is 0 Å². The first-order valence-corrected chi connectivity index (χ1v) is 13.0. The minimum absolute atomic E-state index is 0.0121. The Hall–Kier alpha value is -3.56. The van der Waals surface area contributed by atoms with Crippen molar-refractivity contribution < 1.29 is 14.5 Å². The predicted molar refractivity (Wildman–Crippen MR) is 147 cm³/mol. The molecule has 8 nitrogen and oxygen atoms in total. The Bertz CT molecular complexity index is 1490. The number of nitrogens with zero attached hydrogens (tertiary/aromatic N) is 3. The number of morpholine rings is 1. The van der Waals surface area contributed by atoms with E-state index in [1.165, 1.54) is 23.5 Å². The molecule has 0 bridgehead atoms. The summed E-state index contributed by atoms with van der Waals surface area (Å²) in [7, 11) is 0. The van der Waals surface area contributed by atoms with Crippen molar-refractivity contribution in [2.75, 3.05) is 31.2 Å². The van der Waals surface area contributed by atoms with Gasteiger partial charge in [-0.05, 0) is 30.2 Å². The number of carbonyl (C=O) groups is 1. The summed E-state index contributed by atoms with van der Waals surface area (Å²) in [6.07, 6.45) is 3.19. The summed E-state index contributed by atoms with van der Waals surface area (Å²) in [6.45, 7) is 10.0. The SMILES string of the molecule is Cc1ccc(Cn2c(=O)/c(=C/c3ccc(N4CCOCC4)c([N+](=O)[O-])c3)s/c2=C/C(=O)C(C)(C)C)cc1. The highest BCUT2D eigenvalue weighted by Crippen LogP contribution is 2.30. The van der Waals surface area contributed by atoms with Crippen LogP contribution in [0.15, 0.2) is 47.3 Å². The van der Waals surface area contributed by atoms with Crippen LogP contribution in [0.5, 0.6) is 0 Å². The molecule has 9 heteroatoms. The molecule has 0 radical (unpaired) electrons. The smallest absolute Gasteiger partial charge is 0.293 e. The zero-order valence-corrected chi connectivity index (χ0v) is 22.3. The quantitative estimate of drug-likeness (QED) is 0.365. The van der Waals surface area contributed by atoms with Crippen LogP contribution in [0.1, 0.15) is 37.5 Å². The molecule has 0 aliphatic carbocycles. The lowest BCUT2D eigenvalue weighted by Crippen LogP contribution is -2.36. The molecule has 0 unspecified atom stereocenters. The number of thiazole rings is 1. The van der Waals surface area contributed by atoms with Crippen molar-refractivity contribution in [3.05, 3.63) is 88.8 Å². The molecule has 1 saturated heterocycles. The maximum Gasteiger partial charge on any atom is 0.293 e. The minimum atomic E-state index is -0.589. The number of carbonyl (C=O) groups excluding carboxylic acids is 1. The third-order valence-corrected chi connectivity index (χ3v) is 7.30. The molecule has 2 heterocycles. The van der Waals surface area contributed by atoms with Gasteiger partial charge >= 0.3 is 0 Å². The Morgan fingerprint density at radius 3 is 2.43 bits per heavy atom. The number of hydrogen-bond donors (Lipinski definition) is 0. The zero-order chi connectivity index (χ0) is 26.7. The molecule has 3 aromatic rings. The summed E-state index contributed by atoms with van der Waals surface area (Å²) in [5, 5.41) is 11.9. The van der Waals surface area contributed by atoms with Gasteiger partial charge in [0.2, 0.25) is 0 Å². The van der Waals surface area contributed by atoms with E-state index in [-0.39, 0.29) is 17.0 Å². The number of hydrogen-bond acceptors (Lipinski definition) is 7. The fourth-order valence-electron chi connectivity index (χ4n) is 4.00. The van der Waals surface area contributed by atoms with Gasteiger partial charge in [-0.15, -0.1) is 11.3 Å². The molecule has 1 aliphatic heterocycles. The number of ether oxygens (including phenoxy) is 1. The Morgan fingerprint density at radius 1 is 1.14 bits per heavy atom. The number of anilines is 1. The number of nitro benzene ring substituents is 1. The van der Waals surface area contributed by atoms with E-state index >= 15 is 0 Å². The Kier molecular flexibility index (Phi) is 7.75. The lowest BCUT2D eigenvalue weighted by atomic mass is 9.91. The second-order valence-corrected chi connectivity index (χ2v) is 11.3. The largest absolute Gasteiger partial charge is 0.378 e. The van der Waals surface area contributed by atoms with E-state index in [1.54, 1.807) is 22.8 Å². The molecule has 0 amide bonds. The first kappa shape index (κ1) is 26.5. The third kappa shape index (κ3) is 6.23. The summed E-state index contributed by atoms with van der Waals surface area (Å²) in [5.74, 6) is -0.0801. The van der Waals surface area contributed by atoms with Crippen molar-refractivity contribution in [1.82, 2.24) is 4.57 Å². The maximum atomic E-state index is 13.5. The summed E-state index contributed by atoms with van der Waals surface area (Å²) < 4.78 is 7.93. The maximum absolute atomic E-state index is 13.5. The van der Waals surface area contributed by atoms with Crippen LogP contribution >= 0.6 is 11.3 Å². The Morgan fingerprint density at radius 2 is 1.81 bits per heavy atom. The van der Waals surface area contributed by atoms with Gasteiger partial charge < -0.3 is 9.64 Å². The Labute approximate surface area is 219 Å². The normalized spacial score (nSPS) is 15.3. The van der Waals surface area contributed by atoms with Crippen LogP contribution in [0.25, 0.3) is 12.2 Å². The molecular formula is C28H31N3O5S. The molecule has 0 atom stereocenters. The topological polar surface area (TPSA) is 94.7 Å². The number of nitro groups is 1. The van der Waals surface area contributed by atoms with Crippen LogP contribution < -0.4 is 19.7 Å². The lowest BCUT2D eigenvalue weighted by Gasteiger charge is -2.28. The number of aryl methyl sites for hydroxylation is 1. The monoisotopic (exact) mass is 521 g/mol. The van der Waals surface area contributed by atoms with Gasteiger partial charge in [0.05, 0.1) is 29.2 Å². The van der Waals surface area contributed by atoms with Crippen molar-refractivity contribution >= 4 is 40.6 Å². The molecule has 0 N–H and O–H groups in total. The molecule has 1 aliphatic rings. The van der Waals surface area contributed by atoms with Crippen molar-refractivity contribution in [3.63, 3.8) is 0 Å². The van der Waals surface area contributed by atoms with Gasteiger partial charge in [0.15, 0.2) is 5.78 Å². The van der Waals surface area contributed by atoms with Gasteiger partial charge in [-0.3, -0.25) is 24.3 Å². The van der Waals surface area contributed by atoms with Crippen molar-refractivity contribution in [2.24, 2.45) is 5.41 Å². The number of Topliss-reactive ketones (excluding diaryl/α,β-unsaturated/α-hetero) is 1. The summed E-state index contributed by atoms with van der Waals surface area (Å²) in [6, 6.07) is 12.9. The van der Waals surface area contributed by atoms with Crippen LogP contribution in [0.4, 0.5) is 11.4 Å². The molecule has 194 valence electrons. The first-order valence-electron chi connectivity index (χ1n) is 12.2. The van der Waals surface area contributed by atoms with E-state index in [1.807, 2.05) is 56.9 Å². The molecule has 4 rings (SSSR count). The van der Waals surface area contributed by atoms with E-state index in [0.29, 0.717) is 53.3 Å². The van der Waals surface area contributed by atoms with Crippen molar-refractivity contribution in [2.45, 2.75) is 34.2 Å². The lowest BCUT2D eigenvalue weighted by molar-refractivity contribution is -0.384. The fraction of sp³-hybridized carbons (Fsp3) is 0.357. The van der Waals surface area contributed by atoms with E-state index < -0.39 is 10.3 Å². The van der Waals surface area contributed by atoms with E-state index in [4.69, 9.17) is 4.74 Å². The highest BCUT2D eigenvalue weighted by Gasteiger charge is 2.22. The Balaban J connectivity index is 1.82. The van der Waals surface area contributed by atoms with Crippen molar-refractivity contribution in [1.29, 1.82) is 0 Å². The molecule has 0 spiro atoms. The fourth-order valence-corrected chi connectivity index (χ4v) is 5.04. The number of benzene rings is 2. The van der Waals surface area contributed by atoms with Gasteiger partial charge in [0.25, 0.3) is 11.2 Å². The molecular weight excluding hydrogens is 490 g/mol. The van der Waals surface area contributed by atoms with Gasteiger partial charge in [-0.1, -0.05) is 56.7 Å². The third-order valence-electron chi connectivity index (χ3n) is 6.24. The van der Waals surface area contributed by atoms with Crippen molar-refractivity contribution in [3.8, 4) is 0 Å². The number of aromatic nitrogens is 1. The number of rotatable bonds is 6. The van der Waals surface area contributed by atoms with Gasteiger partial charge in [0, 0.05) is 30.6 Å². The minimum Gasteiger partial charge on any atom is -0.378 e. The van der Waals surface area contributed by atoms with Crippen LogP contribution in [-0.4, -0.2) is 41.6 Å². The standard InChI is InChI=1S/C28H31N3O5S/c1-19-5-7-20(8-6-19)18-30-26(17-25(32)28(2,3)4)37-24(27(30)33)16-21-9-10-22(23(15-21)31(34)35)29-11-13-36-14-12-29/h5-10,15-17H,11-14,18H2,1-4H3/b24-16-,26-17+. The molecule has 37 heavy (non-hydrogen) atoms. The molecule has 2 aromatic carbocycles. The van der Waals surface area contributed by atoms with Crippen LogP contribution in [0.3, 0.4) is 0 Å². The zero-order valence-electron chi connectivity index (χ0n) is 21.5.